The first kappa shape index (κ1) is 47.0. The number of aliphatic carboxylic acids is 2. The molecule has 0 aliphatic rings. The molecule has 2 amide bonds. The number of carbonyl (C=O) groups is 6. The SMILES string of the molecule is CCC(CCCCn1c(C)c(C(=O)C(N)=O)c2c(OC(C(=O)O)C(C)C)cccc21)C(C)CCCCCn1c(C)c(C(=O)C(N)=O)c2c(OC(C(=O)O)C(C)C)cccc21. The third-order valence-electron chi connectivity index (χ3n) is 11.8. The minimum atomic E-state index is -1.15. The Balaban J connectivity index is 1.40. The lowest BCUT2D eigenvalue weighted by molar-refractivity contribution is -0.147. The molecule has 4 unspecified atom stereocenters. The van der Waals surface area contributed by atoms with Crippen LogP contribution in [0.5, 0.6) is 11.5 Å². The molecule has 0 saturated heterocycles. The number of carboxylic acids is 2. The fourth-order valence-electron chi connectivity index (χ4n) is 8.49. The highest BCUT2D eigenvalue weighted by Gasteiger charge is 2.31. The first-order valence-corrected chi connectivity index (χ1v) is 21.0. The van der Waals surface area contributed by atoms with Crippen LogP contribution in [0.4, 0.5) is 0 Å². The smallest absolute Gasteiger partial charge is 0.345 e. The van der Waals surface area contributed by atoms with Gasteiger partial charge in [-0.05, 0) is 62.8 Å². The highest BCUT2D eigenvalue weighted by molar-refractivity contribution is 6.45. The number of unbranched alkanes of at least 4 members (excludes halogenated alkanes) is 3. The summed E-state index contributed by atoms with van der Waals surface area (Å²) in [6.45, 7) is 16.1. The third-order valence-corrected chi connectivity index (χ3v) is 11.8. The molecule has 2 aromatic carbocycles. The number of carboxylic acid groups (broad SMARTS) is 2. The third kappa shape index (κ3) is 10.4. The first-order valence-electron chi connectivity index (χ1n) is 21.0. The molecule has 6 N–H and O–H groups in total. The van der Waals surface area contributed by atoms with Crippen LogP contribution in [0.25, 0.3) is 21.8 Å². The number of ketones is 2. The van der Waals surface area contributed by atoms with E-state index in [-0.39, 0.29) is 34.5 Å². The predicted octanol–water partition coefficient (Wildman–Crippen LogP) is 7.62. The minimum absolute atomic E-state index is 0.134. The molecule has 2 aromatic heterocycles. The van der Waals surface area contributed by atoms with Crippen LogP contribution in [-0.4, -0.2) is 66.9 Å². The van der Waals surface area contributed by atoms with Crippen molar-refractivity contribution in [2.24, 2.45) is 35.1 Å². The fourth-order valence-corrected chi connectivity index (χ4v) is 8.49. The van der Waals surface area contributed by atoms with Gasteiger partial charge in [0.15, 0.2) is 12.2 Å². The van der Waals surface area contributed by atoms with Gasteiger partial charge >= 0.3 is 11.9 Å². The standard InChI is InChI=1S/C46H62N4O10/c1-9-30(18-12-14-24-50-29(8)36(40(52)44(48)54)38-32(50)20-16-22-34(38)60-42(26(4)5)46(57)58)27(6)17-11-10-13-23-49-28(7)35(39(51)43(47)53)37-31(49)19-15-21-33(37)59-41(25(2)3)45(55)56/h15-16,19-22,25-27,30,41-42H,9-14,17-18,23-24H2,1-8H3,(H2,47,53)(H2,48,54)(H,55,56)(H,57,58). The van der Waals surface area contributed by atoms with Gasteiger partial charge in [-0.2, -0.15) is 0 Å². The Hall–Kier alpha value is -5.66. The lowest BCUT2D eigenvalue weighted by atomic mass is 9.84. The molecule has 4 atom stereocenters. The van der Waals surface area contributed by atoms with Crippen molar-refractivity contribution in [2.45, 2.75) is 132 Å². The number of nitrogens with zero attached hydrogens (tertiary/aromatic N) is 2. The van der Waals surface area contributed by atoms with E-state index in [0.29, 0.717) is 58.1 Å². The van der Waals surface area contributed by atoms with Crippen molar-refractivity contribution < 1.29 is 48.5 Å². The number of benzene rings is 2. The molecule has 60 heavy (non-hydrogen) atoms. The zero-order valence-corrected chi connectivity index (χ0v) is 36.2. The molecule has 0 saturated carbocycles. The van der Waals surface area contributed by atoms with Crippen molar-refractivity contribution in [3.8, 4) is 11.5 Å². The summed E-state index contributed by atoms with van der Waals surface area (Å²) in [7, 11) is 0. The molecule has 14 heteroatoms. The number of hydrogen-bond donors (Lipinski definition) is 4. The van der Waals surface area contributed by atoms with E-state index >= 15 is 0 Å². The van der Waals surface area contributed by atoms with Gasteiger partial charge in [0.05, 0.1) is 32.9 Å². The van der Waals surface area contributed by atoms with Gasteiger partial charge in [-0.25, -0.2) is 9.59 Å². The van der Waals surface area contributed by atoms with Crippen molar-refractivity contribution in [1.29, 1.82) is 0 Å². The van der Waals surface area contributed by atoms with Gasteiger partial charge in [0.1, 0.15) is 11.5 Å². The van der Waals surface area contributed by atoms with Crippen LogP contribution in [0, 0.1) is 37.5 Å². The summed E-state index contributed by atoms with van der Waals surface area (Å²) in [6.07, 6.45) is 5.29. The minimum Gasteiger partial charge on any atom is -0.478 e. The lowest BCUT2D eigenvalue weighted by Gasteiger charge is -2.23. The van der Waals surface area contributed by atoms with Crippen molar-refractivity contribution in [1.82, 2.24) is 9.13 Å². The van der Waals surface area contributed by atoms with Crippen LogP contribution in [0.1, 0.15) is 125 Å². The fraction of sp³-hybridized carbons (Fsp3) is 0.522. The van der Waals surface area contributed by atoms with Gasteiger partial charge in [-0.1, -0.05) is 92.2 Å². The predicted molar refractivity (Wildman–Crippen MR) is 229 cm³/mol. The lowest BCUT2D eigenvalue weighted by Crippen LogP contribution is -2.32. The normalized spacial score (nSPS) is 13.7. The second-order valence-electron chi connectivity index (χ2n) is 16.6. The molecule has 0 aliphatic carbocycles. The summed E-state index contributed by atoms with van der Waals surface area (Å²) in [4.78, 5) is 74.4. The summed E-state index contributed by atoms with van der Waals surface area (Å²) in [5.41, 5.74) is 13.7. The second-order valence-corrected chi connectivity index (χ2v) is 16.6. The first-order chi connectivity index (χ1) is 28.3. The van der Waals surface area contributed by atoms with Crippen molar-refractivity contribution in [3.63, 3.8) is 0 Å². The van der Waals surface area contributed by atoms with E-state index in [1.165, 1.54) is 0 Å². The number of Topliss-reactive ketones (excluding diaryl/α,β-unsaturated/α-hetero) is 2. The van der Waals surface area contributed by atoms with E-state index in [1.807, 2.05) is 21.3 Å². The average Bonchev–Trinajstić information content (AvgIpc) is 3.63. The Bertz CT molecular complexity index is 2230. The Morgan fingerprint density at radius 1 is 0.617 bits per heavy atom. The average molecular weight is 831 g/mol. The zero-order valence-electron chi connectivity index (χ0n) is 36.2. The van der Waals surface area contributed by atoms with Gasteiger partial charge in [-0.3, -0.25) is 19.2 Å². The molecule has 4 rings (SSSR count). The van der Waals surface area contributed by atoms with Gasteiger partial charge in [0.25, 0.3) is 23.4 Å². The summed E-state index contributed by atoms with van der Waals surface area (Å²) < 4.78 is 15.9. The van der Waals surface area contributed by atoms with Crippen LogP contribution in [-0.2, 0) is 32.3 Å². The van der Waals surface area contributed by atoms with Gasteiger partial charge in [-0.15, -0.1) is 0 Å². The van der Waals surface area contributed by atoms with E-state index in [1.54, 1.807) is 65.8 Å². The van der Waals surface area contributed by atoms with Crippen molar-refractivity contribution in [3.05, 3.63) is 58.9 Å². The van der Waals surface area contributed by atoms with Crippen molar-refractivity contribution in [2.75, 3.05) is 0 Å². The Morgan fingerprint density at radius 2 is 1.02 bits per heavy atom. The molecular weight excluding hydrogens is 769 g/mol. The summed E-state index contributed by atoms with van der Waals surface area (Å²) in [6, 6.07) is 10.4. The zero-order chi connectivity index (χ0) is 44.6. The molecule has 0 aliphatic heterocycles. The van der Waals surface area contributed by atoms with Crippen LogP contribution in [0.2, 0.25) is 0 Å². The number of fused-ring (bicyclic) bond motifs is 2. The monoisotopic (exact) mass is 830 g/mol. The molecular formula is C46H62N4O10. The number of hydrogen-bond acceptors (Lipinski definition) is 8. The second kappa shape index (κ2) is 20.5. The van der Waals surface area contributed by atoms with E-state index in [2.05, 4.69) is 13.8 Å². The topological polar surface area (TPSA) is 223 Å². The van der Waals surface area contributed by atoms with E-state index < -0.39 is 47.5 Å². The Kier molecular flexibility index (Phi) is 16.1. The number of primary amides is 2. The molecule has 326 valence electrons. The van der Waals surface area contributed by atoms with Crippen LogP contribution in [0.3, 0.4) is 0 Å². The van der Waals surface area contributed by atoms with Crippen molar-refractivity contribution >= 4 is 57.1 Å². The quantitative estimate of drug-likeness (QED) is 0.0290. The highest BCUT2D eigenvalue weighted by Crippen LogP contribution is 2.37. The highest BCUT2D eigenvalue weighted by atomic mass is 16.5. The van der Waals surface area contributed by atoms with E-state index in [4.69, 9.17) is 20.9 Å². The van der Waals surface area contributed by atoms with E-state index in [0.717, 1.165) is 51.4 Å². The van der Waals surface area contributed by atoms with Gasteiger partial charge in [0.2, 0.25) is 0 Å². The number of aromatic nitrogens is 2. The maximum absolute atomic E-state index is 13.1. The van der Waals surface area contributed by atoms with Gasteiger partial charge < -0.3 is 40.3 Å². The summed E-state index contributed by atoms with van der Waals surface area (Å²) in [5, 5.41) is 20.3. The number of carbonyl (C=O) groups excluding carboxylic acids is 4. The molecule has 14 nitrogen and oxygen atoms in total. The molecule has 4 aromatic rings. The number of nitrogens with two attached hydrogens (primary N) is 2. The molecule has 2 heterocycles. The maximum Gasteiger partial charge on any atom is 0.345 e. The molecule has 0 radical (unpaired) electrons. The Labute approximate surface area is 351 Å². The molecule has 0 fully saturated rings. The van der Waals surface area contributed by atoms with E-state index in [9.17, 15) is 39.0 Å². The number of rotatable bonds is 25. The summed E-state index contributed by atoms with van der Waals surface area (Å²) in [5.74, 6) is -5.42. The largest absolute Gasteiger partial charge is 0.478 e. The number of amides is 2. The van der Waals surface area contributed by atoms with Crippen LogP contribution in [0.15, 0.2) is 36.4 Å². The molecule has 0 bridgehead atoms. The van der Waals surface area contributed by atoms with Crippen LogP contribution < -0.4 is 20.9 Å². The number of ether oxygens (including phenoxy) is 2. The number of aryl methyl sites for hydroxylation is 2. The van der Waals surface area contributed by atoms with Gasteiger partial charge in [0, 0.05) is 36.3 Å². The molecule has 0 spiro atoms. The summed E-state index contributed by atoms with van der Waals surface area (Å²) >= 11 is 0. The maximum atomic E-state index is 13.1. The Morgan fingerprint density at radius 3 is 1.38 bits per heavy atom. The van der Waals surface area contributed by atoms with Crippen LogP contribution >= 0.6 is 0 Å².